The molecule has 2 atom stereocenters. The Labute approximate surface area is 154 Å². The summed E-state index contributed by atoms with van der Waals surface area (Å²) in [6.45, 7) is 2.19. The maximum atomic E-state index is 13.3. The fourth-order valence-electron chi connectivity index (χ4n) is 3.39. The molecule has 0 saturated carbocycles. The Balaban J connectivity index is 1.97. The first-order chi connectivity index (χ1) is 12.5. The standard InChI is InChI=1S/C20H23NO4S/c1-2-25-20(22)17-13-14-19(16-9-5-3-6-10-16)21(15-17)26(23,24)18-11-7-4-8-12-18/h3-12,17,19H,2,13-15H2,1H3. The van der Waals surface area contributed by atoms with Gasteiger partial charge in [-0.2, -0.15) is 4.31 Å². The molecular weight excluding hydrogens is 350 g/mol. The molecule has 1 heterocycles. The monoisotopic (exact) mass is 373 g/mol. The summed E-state index contributed by atoms with van der Waals surface area (Å²) >= 11 is 0. The largest absolute Gasteiger partial charge is 0.466 e. The molecule has 0 aliphatic carbocycles. The number of carbonyl (C=O) groups excluding carboxylic acids is 1. The molecule has 0 aromatic heterocycles. The lowest BCUT2D eigenvalue weighted by Crippen LogP contribution is -2.44. The average Bonchev–Trinajstić information content (AvgIpc) is 2.69. The zero-order valence-electron chi connectivity index (χ0n) is 14.7. The number of hydrogen-bond donors (Lipinski definition) is 0. The number of benzene rings is 2. The Morgan fingerprint density at radius 2 is 1.65 bits per heavy atom. The van der Waals surface area contributed by atoms with E-state index in [1.807, 2.05) is 30.3 Å². The van der Waals surface area contributed by atoms with E-state index in [9.17, 15) is 13.2 Å². The van der Waals surface area contributed by atoms with Crippen LogP contribution in [0.3, 0.4) is 0 Å². The number of ether oxygens (including phenoxy) is 1. The molecular formula is C20H23NO4S. The van der Waals surface area contributed by atoms with Crippen LogP contribution >= 0.6 is 0 Å². The first-order valence-electron chi connectivity index (χ1n) is 8.82. The lowest BCUT2D eigenvalue weighted by atomic mass is 9.91. The molecule has 2 aromatic carbocycles. The van der Waals surface area contributed by atoms with Gasteiger partial charge in [-0.3, -0.25) is 4.79 Å². The van der Waals surface area contributed by atoms with Gasteiger partial charge in [-0.15, -0.1) is 0 Å². The molecule has 0 radical (unpaired) electrons. The molecule has 3 rings (SSSR count). The second kappa shape index (κ2) is 8.01. The maximum Gasteiger partial charge on any atom is 0.310 e. The highest BCUT2D eigenvalue weighted by Crippen LogP contribution is 2.37. The van der Waals surface area contributed by atoms with Gasteiger partial charge in [-0.05, 0) is 37.5 Å². The predicted molar refractivity (Wildman–Crippen MR) is 98.9 cm³/mol. The Morgan fingerprint density at radius 1 is 1.04 bits per heavy atom. The minimum Gasteiger partial charge on any atom is -0.466 e. The van der Waals surface area contributed by atoms with Crippen molar-refractivity contribution < 1.29 is 17.9 Å². The van der Waals surface area contributed by atoms with E-state index in [1.54, 1.807) is 37.3 Å². The normalized spacial score (nSPS) is 21.3. The Bertz CT molecular complexity index is 837. The number of hydrogen-bond acceptors (Lipinski definition) is 4. The van der Waals surface area contributed by atoms with Crippen LogP contribution in [-0.4, -0.2) is 31.8 Å². The van der Waals surface area contributed by atoms with Crippen molar-refractivity contribution >= 4 is 16.0 Å². The van der Waals surface area contributed by atoms with Gasteiger partial charge in [0.1, 0.15) is 0 Å². The van der Waals surface area contributed by atoms with Crippen LogP contribution in [0.25, 0.3) is 0 Å². The summed E-state index contributed by atoms with van der Waals surface area (Å²) in [7, 11) is -3.72. The van der Waals surface area contributed by atoms with E-state index in [0.717, 1.165) is 5.56 Å². The third-order valence-electron chi connectivity index (χ3n) is 4.69. The highest BCUT2D eigenvalue weighted by Gasteiger charge is 2.40. The van der Waals surface area contributed by atoms with Crippen LogP contribution in [0.2, 0.25) is 0 Å². The first kappa shape index (κ1) is 18.6. The number of carbonyl (C=O) groups is 1. The summed E-state index contributed by atoms with van der Waals surface area (Å²) in [5.41, 5.74) is 0.939. The zero-order chi connectivity index (χ0) is 18.6. The smallest absolute Gasteiger partial charge is 0.310 e. The van der Waals surface area contributed by atoms with Crippen molar-refractivity contribution in [3.05, 3.63) is 66.2 Å². The van der Waals surface area contributed by atoms with E-state index >= 15 is 0 Å². The molecule has 2 aromatic rings. The fraction of sp³-hybridized carbons (Fsp3) is 0.350. The van der Waals surface area contributed by atoms with Gasteiger partial charge in [0.25, 0.3) is 0 Å². The van der Waals surface area contributed by atoms with Crippen LogP contribution in [-0.2, 0) is 19.6 Å². The second-order valence-electron chi connectivity index (χ2n) is 6.34. The van der Waals surface area contributed by atoms with Gasteiger partial charge in [0.05, 0.1) is 23.5 Å². The topological polar surface area (TPSA) is 63.7 Å². The van der Waals surface area contributed by atoms with Crippen molar-refractivity contribution in [1.29, 1.82) is 0 Å². The van der Waals surface area contributed by atoms with Crippen LogP contribution in [0, 0.1) is 5.92 Å². The van der Waals surface area contributed by atoms with Gasteiger partial charge in [-0.25, -0.2) is 8.42 Å². The zero-order valence-corrected chi connectivity index (χ0v) is 15.6. The molecule has 1 aliphatic heterocycles. The molecule has 0 N–H and O–H groups in total. The Morgan fingerprint density at radius 3 is 2.27 bits per heavy atom. The summed E-state index contributed by atoms with van der Waals surface area (Å²) in [6.07, 6.45) is 1.19. The first-order valence-corrected chi connectivity index (χ1v) is 10.3. The van der Waals surface area contributed by atoms with Crippen LogP contribution in [0.15, 0.2) is 65.6 Å². The quantitative estimate of drug-likeness (QED) is 0.754. The molecule has 2 unspecified atom stereocenters. The molecule has 138 valence electrons. The van der Waals surface area contributed by atoms with Gasteiger partial charge in [0.2, 0.25) is 10.0 Å². The average molecular weight is 373 g/mol. The van der Waals surface area contributed by atoms with E-state index in [2.05, 4.69) is 0 Å². The molecule has 1 saturated heterocycles. The molecule has 5 nitrogen and oxygen atoms in total. The van der Waals surface area contributed by atoms with Gasteiger partial charge < -0.3 is 4.74 Å². The lowest BCUT2D eigenvalue weighted by molar-refractivity contribution is -0.149. The van der Waals surface area contributed by atoms with Crippen LogP contribution in [0.4, 0.5) is 0 Å². The summed E-state index contributed by atoms with van der Waals surface area (Å²) in [4.78, 5) is 12.4. The van der Waals surface area contributed by atoms with Crippen LogP contribution < -0.4 is 0 Å². The maximum absolute atomic E-state index is 13.3. The molecule has 1 aliphatic rings. The molecule has 0 bridgehead atoms. The number of rotatable bonds is 5. The van der Waals surface area contributed by atoms with Gasteiger partial charge >= 0.3 is 5.97 Å². The van der Waals surface area contributed by atoms with E-state index in [1.165, 1.54) is 4.31 Å². The van der Waals surface area contributed by atoms with Crippen molar-refractivity contribution in [3.63, 3.8) is 0 Å². The number of sulfonamides is 1. The van der Waals surface area contributed by atoms with E-state index in [0.29, 0.717) is 19.4 Å². The Hall–Kier alpha value is -2.18. The van der Waals surface area contributed by atoms with Crippen molar-refractivity contribution in [1.82, 2.24) is 4.31 Å². The molecule has 26 heavy (non-hydrogen) atoms. The molecule has 1 fully saturated rings. The predicted octanol–water partition coefficient (Wildman–Crippen LogP) is 3.39. The minimum absolute atomic E-state index is 0.135. The van der Waals surface area contributed by atoms with Crippen molar-refractivity contribution in [3.8, 4) is 0 Å². The summed E-state index contributed by atoms with van der Waals surface area (Å²) < 4.78 is 33.1. The van der Waals surface area contributed by atoms with E-state index < -0.39 is 15.9 Å². The highest BCUT2D eigenvalue weighted by atomic mass is 32.2. The SMILES string of the molecule is CCOC(=O)C1CCC(c2ccccc2)N(S(=O)(=O)c2ccccc2)C1. The number of esters is 1. The van der Waals surface area contributed by atoms with Gasteiger partial charge in [0, 0.05) is 6.54 Å². The fourth-order valence-corrected chi connectivity index (χ4v) is 5.10. The van der Waals surface area contributed by atoms with Crippen LogP contribution in [0.5, 0.6) is 0 Å². The van der Waals surface area contributed by atoms with Crippen molar-refractivity contribution in [2.45, 2.75) is 30.7 Å². The summed E-state index contributed by atoms with van der Waals surface area (Å²) in [5, 5.41) is 0. The second-order valence-corrected chi connectivity index (χ2v) is 8.23. The van der Waals surface area contributed by atoms with Crippen LogP contribution in [0.1, 0.15) is 31.4 Å². The summed E-state index contributed by atoms with van der Waals surface area (Å²) in [5.74, 6) is -0.763. The van der Waals surface area contributed by atoms with Crippen molar-refractivity contribution in [2.24, 2.45) is 5.92 Å². The van der Waals surface area contributed by atoms with E-state index in [4.69, 9.17) is 4.74 Å². The Kier molecular flexibility index (Phi) is 5.74. The van der Waals surface area contributed by atoms with Crippen molar-refractivity contribution in [2.75, 3.05) is 13.2 Å². The molecule has 0 amide bonds. The third-order valence-corrected chi connectivity index (χ3v) is 6.58. The third kappa shape index (κ3) is 3.81. The molecule has 6 heteroatoms. The van der Waals surface area contributed by atoms with Gasteiger partial charge in [-0.1, -0.05) is 48.5 Å². The highest BCUT2D eigenvalue weighted by molar-refractivity contribution is 7.89. The number of nitrogens with zero attached hydrogens (tertiary/aromatic N) is 1. The minimum atomic E-state index is -3.72. The van der Waals surface area contributed by atoms with Gasteiger partial charge in [0.15, 0.2) is 0 Å². The van der Waals surface area contributed by atoms with E-state index in [-0.39, 0.29) is 23.5 Å². The molecule has 0 spiro atoms. The number of piperidine rings is 1. The summed E-state index contributed by atoms with van der Waals surface area (Å²) in [6, 6.07) is 17.7. The lowest BCUT2D eigenvalue weighted by Gasteiger charge is -2.38.